The minimum Gasteiger partial charge on any atom is -0.496 e. The summed E-state index contributed by atoms with van der Waals surface area (Å²) in [4.78, 5) is 15.8. The zero-order chi connectivity index (χ0) is 21.6. The van der Waals surface area contributed by atoms with Crippen molar-refractivity contribution in [3.8, 4) is 5.75 Å². The van der Waals surface area contributed by atoms with E-state index in [2.05, 4.69) is 61.5 Å². The van der Waals surface area contributed by atoms with Gasteiger partial charge in [0.1, 0.15) is 5.75 Å². The molecule has 1 unspecified atom stereocenters. The second-order valence-corrected chi connectivity index (χ2v) is 8.72. The summed E-state index contributed by atoms with van der Waals surface area (Å²) in [5.74, 6) is 1.08. The van der Waals surface area contributed by atoms with Crippen LogP contribution in [0.3, 0.4) is 0 Å². The maximum Gasteiger partial charge on any atom is 0.237 e. The van der Waals surface area contributed by atoms with Crippen molar-refractivity contribution in [1.29, 1.82) is 0 Å². The third-order valence-electron chi connectivity index (χ3n) is 6.93. The fourth-order valence-corrected chi connectivity index (χ4v) is 5.42. The van der Waals surface area contributed by atoms with Crippen molar-refractivity contribution < 1.29 is 9.53 Å². The molecule has 3 aromatic rings. The Kier molecular flexibility index (Phi) is 4.70. The van der Waals surface area contributed by atoms with Crippen molar-refractivity contribution in [2.24, 2.45) is 5.41 Å². The summed E-state index contributed by atoms with van der Waals surface area (Å²) in [6.07, 6.45) is 2.41. The molecule has 3 heteroatoms. The molecule has 2 aliphatic rings. The number of rotatable bonds is 3. The summed E-state index contributed by atoms with van der Waals surface area (Å²) >= 11 is 0. The number of methoxy groups -OCH3 is 1. The average molecular weight is 410 g/mol. The normalized spacial score (nSPS) is 20.0. The van der Waals surface area contributed by atoms with Gasteiger partial charge in [0.2, 0.25) is 5.91 Å². The summed E-state index contributed by atoms with van der Waals surface area (Å²) in [5, 5.41) is 0. The van der Waals surface area contributed by atoms with Crippen molar-refractivity contribution in [1.82, 2.24) is 0 Å². The van der Waals surface area contributed by atoms with Gasteiger partial charge in [-0.05, 0) is 60.6 Å². The van der Waals surface area contributed by atoms with E-state index in [0.717, 1.165) is 29.8 Å². The van der Waals surface area contributed by atoms with Crippen LogP contribution in [0.15, 0.2) is 78.4 Å². The first kappa shape index (κ1) is 19.6. The maximum atomic E-state index is 14.0. The van der Waals surface area contributed by atoms with Crippen LogP contribution in [0.2, 0.25) is 0 Å². The number of fused-ring (bicyclic) bond motifs is 4. The number of benzene rings is 3. The molecule has 0 aromatic heterocycles. The fraction of sp³-hybridized carbons (Fsp3) is 0.250. The van der Waals surface area contributed by atoms with Gasteiger partial charge < -0.3 is 9.64 Å². The second-order valence-electron chi connectivity index (χ2n) is 8.72. The monoisotopic (exact) mass is 409 g/mol. The van der Waals surface area contributed by atoms with Crippen molar-refractivity contribution in [3.63, 3.8) is 0 Å². The third-order valence-corrected chi connectivity index (χ3v) is 6.93. The van der Waals surface area contributed by atoms with E-state index in [1.807, 2.05) is 30.1 Å². The number of carbonyl (C=O) groups excluding carboxylic acids is 1. The molecule has 0 saturated carbocycles. The SMILES string of the molecule is COc1cccc2c1CCC1=C2c2ccccc2N(C)C(=O)C1(C)Cc1ccccc1. The Bertz CT molecular complexity index is 1190. The molecule has 0 radical (unpaired) electrons. The lowest BCUT2D eigenvalue weighted by Crippen LogP contribution is -2.42. The number of anilines is 1. The lowest BCUT2D eigenvalue weighted by molar-refractivity contribution is -0.125. The Hall–Kier alpha value is -3.33. The first-order valence-corrected chi connectivity index (χ1v) is 10.9. The molecule has 1 aliphatic heterocycles. The number of hydrogen-bond acceptors (Lipinski definition) is 2. The van der Waals surface area contributed by atoms with Gasteiger partial charge in [-0.2, -0.15) is 0 Å². The third kappa shape index (κ3) is 2.99. The molecule has 1 heterocycles. The van der Waals surface area contributed by atoms with E-state index < -0.39 is 5.41 Å². The van der Waals surface area contributed by atoms with Crippen LogP contribution in [0.5, 0.6) is 5.75 Å². The largest absolute Gasteiger partial charge is 0.496 e. The van der Waals surface area contributed by atoms with Crippen LogP contribution in [0.4, 0.5) is 5.69 Å². The highest BCUT2D eigenvalue weighted by molar-refractivity contribution is 6.08. The van der Waals surface area contributed by atoms with E-state index in [1.54, 1.807) is 7.11 Å². The summed E-state index contributed by atoms with van der Waals surface area (Å²) < 4.78 is 5.70. The number of para-hydroxylation sites is 1. The van der Waals surface area contributed by atoms with E-state index in [1.165, 1.54) is 27.8 Å². The molecule has 156 valence electrons. The average Bonchev–Trinajstić information content (AvgIpc) is 2.88. The van der Waals surface area contributed by atoms with Gasteiger partial charge in [0.05, 0.1) is 18.2 Å². The molecule has 0 spiro atoms. The lowest BCUT2D eigenvalue weighted by atomic mass is 9.68. The number of ether oxygens (including phenoxy) is 1. The minimum absolute atomic E-state index is 0.153. The van der Waals surface area contributed by atoms with E-state index in [0.29, 0.717) is 6.42 Å². The van der Waals surface area contributed by atoms with Crippen LogP contribution in [0.25, 0.3) is 5.57 Å². The number of hydrogen-bond donors (Lipinski definition) is 0. The van der Waals surface area contributed by atoms with Crippen molar-refractivity contribution in [2.45, 2.75) is 26.2 Å². The Morgan fingerprint density at radius 2 is 1.61 bits per heavy atom. The van der Waals surface area contributed by atoms with Gasteiger partial charge in [-0.1, -0.05) is 60.7 Å². The van der Waals surface area contributed by atoms with Gasteiger partial charge in [0, 0.05) is 18.2 Å². The second kappa shape index (κ2) is 7.42. The van der Waals surface area contributed by atoms with Crippen LogP contribution >= 0.6 is 0 Å². The zero-order valence-corrected chi connectivity index (χ0v) is 18.3. The first-order chi connectivity index (χ1) is 15.0. The Morgan fingerprint density at radius 1 is 0.903 bits per heavy atom. The van der Waals surface area contributed by atoms with Gasteiger partial charge in [-0.15, -0.1) is 0 Å². The molecule has 0 fully saturated rings. The predicted molar refractivity (Wildman–Crippen MR) is 125 cm³/mol. The highest BCUT2D eigenvalue weighted by Gasteiger charge is 2.45. The Balaban J connectivity index is 1.81. The van der Waals surface area contributed by atoms with Crippen LogP contribution < -0.4 is 9.64 Å². The summed E-state index contributed by atoms with van der Waals surface area (Å²) in [6, 6.07) is 24.9. The highest BCUT2D eigenvalue weighted by Crippen LogP contribution is 2.51. The summed E-state index contributed by atoms with van der Waals surface area (Å²) in [7, 11) is 3.65. The molecule has 0 N–H and O–H groups in total. The number of amides is 1. The van der Waals surface area contributed by atoms with Gasteiger partial charge >= 0.3 is 0 Å². The Morgan fingerprint density at radius 3 is 2.39 bits per heavy atom. The standard InChI is InChI=1S/C28H27NO2/c1-28(18-19-10-5-4-6-11-19)23-17-16-20-21(13-9-15-25(20)31-3)26(23)22-12-7-8-14-24(22)29(2)27(28)30/h4-15H,16-18H2,1-3H3. The highest BCUT2D eigenvalue weighted by atomic mass is 16.5. The van der Waals surface area contributed by atoms with E-state index in [4.69, 9.17) is 4.74 Å². The molecule has 1 aliphatic carbocycles. The predicted octanol–water partition coefficient (Wildman–Crippen LogP) is 5.67. The Labute approximate surface area is 184 Å². The van der Waals surface area contributed by atoms with Crippen molar-refractivity contribution in [3.05, 3.63) is 101 Å². The van der Waals surface area contributed by atoms with Crippen LogP contribution in [-0.4, -0.2) is 20.1 Å². The van der Waals surface area contributed by atoms with Crippen LogP contribution in [0.1, 0.15) is 35.6 Å². The van der Waals surface area contributed by atoms with E-state index in [9.17, 15) is 4.79 Å². The smallest absolute Gasteiger partial charge is 0.237 e. The molecule has 3 nitrogen and oxygen atoms in total. The molecular formula is C28H27NO2. The molecule has 1 atom stereocenters. The van der Waals surface area contributed by atoms with Gasteiger partial charge in [0.25, 0.3) is 0 Å². The summed E-state index contributed by atoms with van der Waals surface area (Å²) in [6.45, 7) is 2.13. The quantitative estimate of drug-likeness (QED) is 0.558. The molecule has 5 rings (SSSR count). The molecule has 0 saturated heterocycles. The number of carbonyl (C=O) groups is 1. The minimum atomic E-state index is -0.620. The van der Waals surface area contributed by atoms with E-state index >= 15 is 0 Å². The fourth-order valence-electron chi connectivity index (χ4n) is 5.42. The van der Waals surface area contributed by atoms with Crippen molar-refractivity contribution in [2.75, 3.05) is 19.1 Å². The van der Waals surface area contributed by atoms with E-state index in [-0.39, 0.29) is 5.91 Å². The molecular weight excluding hydrogens is 382 g/mol. The maximum absolute atomic E-state index is 14.0. The number of nitrogens with zero attached hydrogens (tertiary/aromatic N) is 1. The molecule has 31 heavy (non-hydrogen) atoms. The lowest BCUT2D eigenvalue weighted by Gasteiger charge is -2.36. The van der Waals surface area contributed by atoms with Crippen LogP contribution in [-0.2, 0) is 17.6 Å². The van der Waals surface area contributed by atoms with Gasteiger partial charge in [-0.3, -0.25) is 4.79 Å². The van der Waals surface area contributed by atoms with Gasteiger partial charge in [0.15, 0.2) is 0 Å². The topological polar surface area (TPSA) is 29.5 Å². The van der Waals surface area contributed by atoms with Crippen LogP contribution in [0, 0.1) is 5.41 Å². The van der Waals surface area contributed by atoms with Crippen molar-refractivity contribution >= 4 is 17.2 Å². The first-order valence-electron chi connectivity index (χ1n) is 10.9. The zero-order valence-electron chi connectivity index (χ0n) is 18.3. The molecule has 1 amide bonds. The summed E-state index contributed by atoms with van der Waals surface area (Å²) in [5.41, 5.74) is 7.51. The van der Waals surface area contributed by atoms with Gasteiger partial charge in [-0.25, -0.2) is 0 Å². The molecule has 0 bridgehead atoms. The molecule has 3 aromatic carbocycles.